The number of hydrogen-bond acceptors (Lipinski definition) is 2. The summed E-state index contributed by atoms with van der Waals surface area (Å²) < 4.78 is 0. The molecule has 1 aromatic rings. The fraction of sp³-hybridized carbons (Fsp3) is 0.273. The fourth-order valence-corrected chi connectivity index (χ4v) is 1.63. The third-order valence-corrected chi connectivity index (χ3v) is 2.33. The fourth-order valence-electron chi connectivity index (χ4n) is 1.63. The van der Waals surface area contributed by atoms with Crippen LogP contribution in [0.25, 0.3) is 0 Å². The van der Waals surface area contributed by atoms with E-state index >= 15 is 0 Å². The molecule has 78 valence electrons. The van der Waals surface area contributed by atoms with Gasteiger partial charge in [-0.3, -0.25) is 9.59 Å². The largest absolute Gasteiger partial charge is 0.352 e. The molecule has 0 fully saturated rings. The smallest absolute Gasteiger partial charge is 0.251 e. The molecule has 0 atom stereocenters. The number of hydrogen-bond donors (Lipinski definition) is 2. The summed E-state index contributed by atoms with van der Waals surface area (Å²) in [5, 5.41) is 5.44. The van der Waals surface area contributed by atoms with Crippen LogP contribution in [-0.4, -0.2) is 18.4 Å². The van der Waals surface area contributed by atoms with Crippen molar-refractivity contribution in [3.8, 4) is 0 Å². The summed E-state index contributed by atoms with van der Waals surface area (Å²) in [6, 6.07) is 5.25. The van der Waals surface area contributed by atoms with Gasteiger partial charge in [-0.15, -0.1) is 0 Å². The van der Waals surface area contributed by atoms with Gasteiger partial charge in [-0.05, 0) is 30.7 Å². The average Bonchev–Trinajstić information content (AvgIpc) is 2.57. The van der Waals surface area contributed by atoms with Crippen molar-refractivity contribution < 1.29 is 9.59 Å². The van der Waals surface area contributed by atoms with Crippen LogP contribution in [0.2, 0.25) is 0 Å². The summed E-state index contributed by atoms with van der Waals surface area (Å²) in [7, 11) is 0. The summed E-state index contributed by atoms with van der Waals surface area (Å²) in [4.78, 5) is 22.6. The molecule has 4 nitrogen and oxygen atoms in total. The predicted molar refractivity (Wildman–Crippen MR) is 56.8 cm³/mol. The molecule has 1 aromatic carbocycles. The van der Waals surface area contributed by atoms with Crippen molar-refractivity contribution in [1.29, 1.82) is 0 Å². The second kappa shape index (κ2) is 3.73. The third-order valence-electron chi connectivity index (χ3n) is 2.33. The lowest BCUT2D eigenvalue weighted by atomic mass is 10.1. The molecule has 0 unspecified atom stereocenters. The van der Waals surface area contributed by atoms with Crippen LogP contribution in [0.1, 0.15) is 22.8 Å². The summed E-state index contributed by atoms with van der Waals surface area (Å²) >= 11 is 0. The van der Waals surface area contributed by atoms with Crippen LogP contribution < -0.4 is 10.6 Å². The Morgan fingerprint density at radius 3 is 3.07 bits per heavy atom. The first-order chi connectivity index (χ1) is 7.20. The summed E-state index contributed by atoms with van der Waals surface area (Å²) in [5.41, 5.74) is 2.31. The van der Waals surface area contributed by atoms with E-state index in [0.717, 1.165) is 11.3 Å². The van der Waals surface area contributed by atoms with Gasteiger partial charge < -0.3 is 10.6 Å². The van der Waals surface area contributed by atoms with Gasteiger partial charge in [-0.2, -0.15) is 0 Å². The lowest BCUT2D eigenvalue weighted by molar-refractivity contribution is -0.115. The van der Waals surface area contributed by atoms with Gasteiger partial charge in [0.05, 0.1) is 6.42 Å². The molecule has 2 N–H and O–H groups in total. The first kappa shape index (κ1) is 9.71. The molecule has 1 aliphatic heterocycles. The molecule has 0 spiro atoms. The number of benzene rings is 1. The third kappa shape index (κ3) is 1.83. The lowest BCUT2D eigenvalue weighted by Gasteiger charge is -2.04. The van der Waals surface area contributed by atoms with Crippen molar-refractivity contribution in [3.63, 3.8) is 0 Å². The van der Waals surface area contributed by atoms with Gasteiger partial charge in [0.1, 0.15) is 0 Å². The van der Waals surface area contributed by atoms with E-state index in [-0.39, 0.29) is 11.8 Å². The van der Waals surface area contributed by atoms with Gasteiger partial charge >= 0.3 is 0 Å². The van der Waals surface area contributed by atoms with Crippen molar-refractivity contribution in [3.05, 3.63) is 29.3 Å². The molecule has 2 amide bonds. The van der Waals surface area contributed by atoms with E-state index in [4.69, 9.17) is 0 Å². The molecular formula is C11H12N2O2. The Hall–Kier alpha value is -1.84. The first-order valence-electron chi connectivity index (χ1n) is 4.91. The van der Waals surface area contributed by atoms with Crippen molar-refractivity contribution in [2.75, 3.05) is 11.9 Å². The first-order valence-corrected chi connectivity index (χ1v) is 4.91. The van der Waals surface area contributed by atoms with E-state index in [0.29, 0.717) is 18.5 Å². The normalized spacial score (nSPS) is 13.3. The summed E-state index contributed by atoms with van der Waals surface area (Å²) in [6.07, 6.45) is 0.364. The zero-order chi connectivity index (χ0) is 10.8. The monoisotopic (exact) mass is 204 g/mol. The number of nitrogens with one attached hydrogen (secondary N) is 2. The Labute approximate surface area is 87.7 Å². The van der Waals surface area contributed by atoms with Crippen LogP contribution in [0.3, 0.4) is 0 Å². The summed E-state index contributed by atoms with van der Waals surface area (Å²) in [6.45, 7) is 2.48. The highest BCUT2D eigenvalue weighted by atomic mass is 16.2. The van der Waals surface area contributed by atoms with E-state index in [1.54, 1.807) is 18.2 Å². The van der Waals surface area contributed by atoms with E-state index in [1.165, 1.54) is 0 Å². The Morgan fingerprint density at radius 2 is 2.33 bits per heavy atom. The topological polar surface area (TPSA) is 58.2 Å². The Kier molecular flexibility index (Phi) is 2.41. The van der Waals surface area contributed by atoms with Crippen molar-refractivity contribution in [1.82, 2.24) is 5.32 Å². The molecule has 0 aliphatic carbocycles. The summed E-state index contributed by atoms with van der Waals surface area (Å²) in [5.74, 6) is -0.113. The lowest BCUT2D eigenvalue weighted by Crippen LogP contribution is -2.22. The van der Waals surface area contributed by atoms with E-state index < -0.39 is 0 Å². The second-order valence-electron chi connectivity index (χ2n) is 3.46. The van der Waals surface area contributed by atoms with Crippen molar-refractivity contribution >= 4 is 17.5 Å². The van der Waals surface area contributed by atoms with Crippen LogP contribution in [0.4, 0.5) is 5.69 Å². The van der Waals surface area contributed by atoms with Gasteiger partial charge in [-0.25, -0.2) is 0 Å². The molecule has 4 heteroatoms. The molecule has 15 heavy (non-hydrogen) atoms. The minimum Gasteiger partial charge on any atom is -0.352 e. The van der Waals surface area contributed by atoms with Crippen molar-refractivity contribution in [2.24, 2.45) is 0 Å². The molecular weight excluding hydrogens is 192 g/mol. The van der Waals surface area contributed by atoms with Gasteiger partial charge in [0.2, 0.25) is 5.91 Å². The zero-order valence-electron chi connectivity index (χ0n) is 8.46. The molecule has 1 aliphatic rings. The quantitative estimate of drug-likeness (QED) is 0.753. The van der Waals surface area contributed by atoms with Crippen molar-refractivity contribution in [2.45, 2.75) is 13.3 Å². The number of amides is 2. The Bertz CT molecular complexity index is 427. The minimum absolute atomic E-state index is 0.0157. The number of anilines is 1. The van der Waals surface area contributed by atoms with Gasteiger partial charge in [0.25, 0.3) is 5.91 Å². The molecule has 0 aromatic heterocycles. The second-order valence-corrected chi connectivity index (χ2v) is 3.46. The Balaban J connectivity index is 2.27. The van der Waals surface area contributed by atoms with Crippen LogP contribution in [0.15, 0.2) is 18.2 Å². The van der Waals surface area contributed by atoms with Gasteiger partial charge in [0.15, 0.2) is 0 Å². The predicted octanol–water partition coefficient (Wildman–Crippen LogP) is 0.931. The number of fused-ring (bicyclic) bond motifs is 1. The zero-order valence-corrected chi connectivity index (χ0v) is 8.46. The van der Waals surface area contributed by atoms with Crippen LogP contribution in [-0.2, 0) is 11.2 Å². The van der Waals surface area contributed by atoms with Crippen LogP contribution in [0.5, 0.6) is 0 Å². The average molecular weight is 204 g/mol. The van der Waals surface area contributed by atoms with Crippen LogP contribution >= 0.6 is 0 Å². The van der Waals surface area contributed by atoms with E-state index in [1.807, 2.05) is 6.92 Å². The number of carbonyl (C=O) groups is 2. The molecule has 0 saturated heterocycles. The molecule has 0 saturated carbocycles. The highest BCUT2D eigenvalue weighted by Gasteiger charge is 2.18. The van der Waals surface area contributed by atoms with Gasteiger partial charge in [-0.1, -0.05) is 0 Å². The molecule has 0 radical (unpaired) electrons. The molecule has 1 heterocycles. The molecule has 2 rings (SSSR count). The van der Waals surface area contributed by atoms with E-state index in [2.05, 4.69) is 10.6 Å². The van der Waals surface area contributed by atoms with Gasteiger partial charge in [0, 0.05) is 17.8 Å². The number of carbonyl (C=O) groups excluding carboxylic acids is 2. The highest BCUT2D eigenvalue weighted by molar-refractivity contribution is 6.01. The van der Waals surface area contributed by atoms with Crippen LogP contribution in [0, 0.1) is 0 Å². The highest BCUT2D eigenvalue weighted by Crippen LogP contribution is 2.23. The maximum atomic E-state index is 11.5. The maximum Gasteiger partial charge on any atom is 0.251 e. The Morgan fingerprint density at radius 1 is 1.53 bits per heavy atom. The standard InChI is InChI=1S/C11H12N2O2/c1-2-12-11(15)7-3-4-9-8(5-7)6-10(14)13-9/h3-5H,2,6H2,1H3,(H,12,15)(H,13,14). The SMILES string of the molecule is CCNC(=O)c1ccc2c(c1)CC(=O)N2. The number of rotatable bonds is 2. The van der Waals surface area contributed by atoms with E-state index in [9.17, 15) is 9.59 Å². The molecule has 0 bridgehead atoms. The maximum absolute atomic E-state index is 11.5. The minimum atomic E-state index is -0.0975.